The molecule has 1 aromatic carbocycles. The molecular formula is C14H14F3NO3S. The molecule has 0 saturated carbocycles. The molecule has 1 rings (SSSR count). The summed E-state index contributed by atoms with van der Waals surface area (Å²) in [5, 5.41) is 28.6. The van der Waals surface area contributed by atoms with Gasteiger partial charge in [-0.05, 0) is 18.6 Å². The van der Waals surface area contributed by atoms with E-state index in [0.717, 1.165) is 23.9 Å². The third kappa shape index (κ3) is 5.02. The van der Waals surface area contributed by atoms with Gasteiger partial charge in [-0.2, -0.15) is 18.4 Å². The molecule has 1 aromatic rings. The Labute approximate surface area is 129 Å². The highest BCUT2D eigenvalue weighted by molar-refractivity contribution is 8.13. The van der Waals surface area contributed by atoms with Crippen molar-refractivity contribution in [3.63, 3.8) is 0 Å². The van der Waals surface area contributed by atoms with E-state index in [9.17, 15) is 28.2 Å². The van der Waals surface area contributed by atoms with E-state index in [1.165, 1.54) is 6.92 Å². The van der Waals surface area contributed by atoms with Gasteiger partial charge in [0.1, 0.15) is 6.10 Å². The van der Waals surface area contributed by atoms with Gasteiger partial charge < -0.3 is 10.2 Å². The predicted molar refractivity (Wildman–Crippen MR) is 74.9 cm³/mol. The van der Waals surface area contributed by atoms with Crippen LogP contribution in [-0.2, 0) is 11.0 Å². The van der Waals surface area contributed by atoms with Gasteiger partial charge in [-0.1, -0.05) is 17.8 Å². The third-order valence-corrected chi connectivity index (χ3v) is 3.75. The first-order valence-electron chi connectivity index (χ1n) is 6.27. The number of hydrogen-bond donors (Lipinski definition) is 2. The molecular weight excluding hydrogens is 319 g/mol. The molecule has 0 aliphatic rings. The average Bonchev–Trinajstić information content (AvgIpc) is 2.44. The van der Waals surface area contributed by atoms with E-state index in [1.807, 2.05) is 0 Å². The van der Waals surface area contributed by atoms with Crippen LogP contribution in [0.5, 0.6) is 0 Å². The molecule has 0 aliphatic carbocycles. The van der Waals surface area contributed by atoms with Gasteiger partial charge in [0.25, 0.3) is 0 Å². The average molecular weight is 333 g/mol. The van der Waals surface area contributed by atoms with Crippen molar-refractivity contribution < 1.29 is 28.2 Å². The van der Waals surface area contributed by atoms with E-state index in [4.69, 9.17) is 5.26 Å². The van der Waals surface area contributed by atoms with E-state index in [1.54, 1.807) is 6.07 Å². The Morgan fingerprint density at radius 3 is 2.55 bits per heavy atom. The lowest BCUT2D eigenvalue weighted by Crippen LogP contribution is -2.20. The molecule has 0 spiro atoms. The lowest BCUT2D eigenvalue weighted by Gasteiger charge is -2.19. The minimum absolute atomic E-state index is 0.0668. The monoisotopic (exact) mass is 333 g/mol. The Bertz CT molecular complexity index is 584. The minimum Gasteiger partial charge on any atom is -0.390 e. The van der Waals surface area contributed by atoms with Gasteiger partial charge >= 0.3 is 6.18 Å². The van der Waals surface area contributed by atoms with Crippen molar-refractivity contribution >= 4 is 16.9 Å². The second-order valence-corrected chi connectivity index (χ2v) is 5.82. The van der Waals surface area contributed by atoms with E-state index in [2.05, 4.69) is 0 Å². The molecule has 2 N–H and O–H groups in total. The molecule has 2 atom stereocenters. The molecule has 0 heterocycles. The molecule has 2 unspecified atom stereocenters. The zero-order valence-electron chi connectivity index (χ0n) is 11.6. The van der Waals surface area contributed by atoms with Crippen LogP contribution in [0.2, 0.25) is 0 Å². The Balaban J connectivity index is 2.91. The molecule has 0 saturated heterocycles. The predicted octanol–water partition coefficient (Wildman–Crippen LogP) is 2.64. The highest BCUT2D eigenvalue weighted by atomic mass is 32.2. The van der Waals surface area contributed by atoms with E-state index >= 15 is 0 Å². The Morgan fingerprint density at radius 1 is 1.41 bits per heavy atom. The van der Waals surface area contributed by atoms with Gasteiger partial charge in [-0.25, -0.2) is 0 Å². The van der Waals surface area contributed by atoms with Crippen LogP contribution in [0.3, 0.4) is 0 Å². The number of rotatable bonds is 5. The molecule has 4 nitrogen and oxygen atoms in total. The van der Waals surface area contributed by atoms with Gasteiger partial charge in [0.05, 0.1) is 23.3 Å². The van der Waals surface area contributed by atoms with Crippen molar-refractivity contribution in [2.75, 3.05) is 5.75 Å². The summed E-state index contributed by atoms with van der Waals surface area (Å²) in [5.41, 5.74) is -1.42. The molecule has 0 bridgehead atoms. The number of aliphatic hydroxyl groups excluding tert-OH is 2. The van der Waals surface area contributed by atoms with Gasteiger partial charge in [-0.15, -0.1) is 0 Å². The second-order valence-electron chi connectivity index (χ2n) is 4.55. The maximum Gasteiger partial charge on any atom is 0.416 e. The maximum absolute atomic E-state index is 12.6. The molecule has 0 fully saturated rings. The highest BCUT2D eigenvalue weighted by Crippen LogP contribution is 2.32. The summed E-state index contributed by atoms with van der Waals surface area (Å²) in [6.45, 7) is 1.36. The highest BCUT2D eigenvalue weighted by Gasteiger charge is 2.32. The Kier molecular flexibility index (Phi) is 6.41. The van der Waals surface area contributed by atoms with Gasteiger partial charge in [-0.3, -0.25) is 4.79 Å². The number of nitrogens with zero attached hydrogens (tertiary/aromatic N) is 1. The van der Waals surface area contributed by atoms with Crippen LogP contribution >= 0.6 is 11.8 Å². The maximum atomic E-state index is 12.6. The summed E-state index contributed by atoms with van der Waals surface area (Å²) in [6.07, 6.45) is -7.30. The van der Waals surface area contributed by atoms with Gasteiger partial charge in [0, 0.05) is 18.2 Å². The van der Waals surface area contributed by atoms with Crippen molar-refractivity contribution in [1.29, 1.82) is 5.26 Å². The molecule has 0 aliphatic heterocycles. The van der Waals surface area contributed by atoms with Crippen LogP contribution in [0.4, 0.5) is 13.2 Å². The number of carbonyl (C=O) groups excluding carboxylic acids is 1. The first kappa shape index (κ1) is 18.5. The van der Waals surface area contributed by atoms with E-state index in [0.29, 0.717) is 6.07 Å². The molecule has 0 aromatic heterocycles. The lowest BCUT2D eigenvalue weighted by molar-refractivity contribution is -0.137. The normalized spacial score (nSPS) is 14.2. The first-order valence-corrected chi connectivity index (χ1v) is 7.26. The third-order valence-electron chi connectivity index (χ3n) is 2.90. The van der Waals surface area contributed by atoms with Crippen LogP contribution < -0.4 is 0 Å². The van der Waals surface area contributed by atoms with Crippen molar-refractivity contribution in [1.82, 2.24) is 0 Å². The van der Waals surface area contributed by atoms with Gasteiger partial charge in [0.15, 0.2) is 5.12 Å². The van der Waals surface area contributed by atoms with Crippen molar-refractivity contribution in [2.45, 2.75) is 31.7 Å². The molecule has 8 heteroatoms. The number of hydrogen-bond acceptors (Lipinski definition) is 5. The van der Waals surface area contributed by atoms with Crippen LogP contribution in [-0.4, -0.2) is 27.2 Å². The summed E-state index contributed by atoms with van der Waals surface area (Å²) >= 11 is 0.964. The van der Waals surface area contributed by atoms with Crippen LogP contribution in [0.25, 0.3) is 0 Å². The first-order chi connectivity index (χ1) is 10.2. The topological polar surface area (TPSA) is 81.3 Å². The number of aliphatic hydroxyl groups is 2. The van der Waals surface area contributed by atoms with Crippen molar-refractivity contribution in [2.24, 2.45) is 0 Å². The summed E-state index contributed by atoms with van der Waals surface area (Å²) in [6, 6.07) is 3.95. The van der Waals surface area contributed by atoms with E-state index < -0.39 is 23.9 Å². The summed E-state index contributed by atoms with van der Waals surface area (Å²) in [4.78, 5) is 10.8. The lowest BCUT2D eigenvalue weighted by atomic mass is 9.96. The van der Waals surface area contributed by atoms with Crippen molar-refractivity contribution in [3.8, 4) is 6.07 Å². The minimum atomic E-state index is -4.59. The SMILES string of the molecule is CC(=O)SCCC(O)C(O)c1ccc(C(F)(F)F)cc1C#N. The quantitative estimate of drug-likeness (QED) is 0.866. The van der Waals surface area contributed by atoms with Crippen LogP contribution in [0, 0.1) is 11.3 Å². The Hall–Kier alpha value is -1.56. The molecule has 120 valence electrons. The number of nitriles is 1. The van der Waals surface area contributed by atoms with E-state index in [-0.39, 0.29) is 28.4 Å². The fourth-order valence-corrected chi connectivity index (χ4v) is 2.42. The number of thioether (sulfide) groups is 1. The fourth-order valence-electron chi connectivity index (χ4n) is 1.78. The largest absolute Gasteiger partial charge is 0.416 e. The number of carbonyl (C=O) groups is 1. The Morgan fingerprint density at radius 2 is 2.05 bits per heavy atom. The fraction of sp³-hybridized carbons (Fsp3) is 0.429. The molecule has 22 heavy (non-hydrogen) atoms. The number of halogens is 3. The number of alkyl halides is 3. The molecule has 0 radical (unpaired) electrons. The van der Waals surface area contributed by atoms with Gasteiger partial charge in [0.2, 0.25) is 0 Å². The van der Waals surface area contributed by atoms with Crippen LogP contribution in [0.1, 0.15) is 36.1 Å². The zero-order valence-corrected chi connectivity index (χ0v) is 12.4. The second kappa shape index (κ2) is 7.63. The smallest absolute Gasteiger partial charge is 0.390 e. The summed E-state index contributed by atoms with van der Waals surface area (Å²) in [5.74, 6) is 0.260. The molecule has 0 amide bonds. The number of benzene rings is 1. The zero-order chi connectivity index (χ0) is 16.9. The summed E-state index contributed by atoms with van der Waals surface area (Å²) in [7, 11) is 0. The summed E-state index contributed by atoms with van der Waals surface area (Å²) < 4.78 is 37.7. The standard InChI is InChI=1S/C14H14F3NO3S/c1-8(19)22-5-4-12(20)13(21)11-3-2-10(14(15,16)17)6-9(11)7-18/h2-3,6,12-13,20-21H,4-5H2,1H3. The van der Waals surface area contributed by atoms with Crippen molar-refractivity contribution in [3.05, 3.63) is 34.9 Å². The van der Waals surface area contributed by atoms with Crippen LogP contribution in [0.15, 0.2) is 18.2 Å².